The number of hydrogen-bond donors (Lipinski definition) is 1. The lowest BCUT2D eigenvalue weighted by molar-refractivity contribution is -0.137. The van der Waals surface area contributed by atoms with Crippen LogP contribution in [0.2, 0.25) is 0 Å². The fourth-order valence-corrected chi connectivity index (χ4v) is 2.79. The Morgan fingerprint density at radius 3 is 2.67 bits per heavy atom. The summed E-state index contributed by atoms with van der Waals surface area (Å²) >= 11 is 0. The summed E-state index contributed by atoms with van der Waals surface area (Å²) in [5, 5.41) is 12.2. The molecule has 1 N–H and O–H groups in total. The van der Waals surface area contributed by atoms with Gasteiger partial charge in [0.25, 0.3) is 0 Å². The summed E-state index contributed by atoms with van der Waals surface area (Å²) in [5.41, 5.74) is -1.03. The zero-order chi connectivity index (χ0) is 15.6. The minimum Gasteiger partial charge on any atom is -0.365 e. The van der Waals surface area contributed by atoms with Crippen LogP contribution < -0.4 is 10.2 Å². The fourth-order valence-electron chi connectivity index (χ4n) is 2.79. The first-order chi connectivity index (χ1) is 9.86. The SMILES string of the molecule is CC(C)C1CNCCN1c1cccc(C#N)c1C(F)(F)F. The number of benzene rings is 1. The molecule has 0 amide bonds. The highest BCUT2D eigenvalue weighted by Gasteiger charge is 2.39. The maximum Gasteiger partial charge on any atom is 0.419 e. The average Bonchev–Trinajstić information content (AvgIpc) is 2.45. The maximum absolute atomic E-state index is 13.4. The Labute approximate surface area is 122 Å². The van der Waals surface area contributed by atoms with Gasteiger partial charge in [-0.2, -0.15) is 18.4 Å². The summed E-state index contributed by atoms with van der Waals surface area (Å²) < 4.78 is 40.2. The van der Waals surface area contributed by atoms with Gasteiger partial charge in [-0.1, -0.05) is 19.9 Å². The second kappa shape index (κ2) is 5.94. The van der Waals surface area contributed by atoms with Crippen molar-refractivity contribution in [3.05, 3.63) is 29.3 Å². The second-order valence-electron chi connectivity index (χ2n) is 5.52. The van der Waals surface area contributed by atoms with Gasteiger partial charge in [-0.15, -0.1) is 0 Å². The van der Waals surface area contributed by atoms with Crippen molar-refractivity contribution in [2.75, 3.05) is 24.5 Å². The number of piperazine rings is 1. The van der Waals surface area contributed by atoms with E-state index in [4.69, 9.17) is 5.26 Å². The molecule has 114 valence electrons. The van der Waals surface area contributed by atoms with Crippen molar-refractivity contribution in [1.82, 2.24) is 5.32 Å². The topological polar surface area (TPSA) is 39.1 Å². The van der Waals surface area contributed by atoms with E-state index in [2.05, 4.69) is 5.32 Å². The molecule has 1 saturated heterocycles. The Morgan fingerprint density at radius 1 is 1.38 bits per heavy atom. The average molecular weight is 297 g/mol. The number of nitrogens with zero attached hydrogens (tertiary/aromatic N) is 2. The molecule has 1 heterocycles. The molecule has 1 aliphatic heterocycles. The van der Waals surface area contributed by atoms with E-state index in [9.17, 15) is 13.2 Å². The van der Waals surface area contributed by atoms with Crippen LogP contribution in [0.1, 0.15) is 25.0 Å². The van der Waals surface area contributed by atoms with Gasteiger partial charge in [0.15, 0.2) is 0 Å². The molecule has 1 atom stereocenters. The third-order valence-corrected chi connectivity index (χ3v) is 3.81. The standard InChI is InChI=1S/C15H18F3N3/c1-10(2)13-9-20-6-7-21(13)12-5-3-4-11(8-19)14(12)15(16,17)18/h3-5,10,13,20H,6-7,9H2,1-2H3. The van der Waals surface area contributed by atoms with Gasteiger partial charge in [0.1, 0.15) is 0 Å². The van der Waals surface area contributed by atoms with Gasteiger partial charge in [0.05, 0.1) is 22.9 Å². The molecule has 2 rings (SSSR count). The van der Waals surface area contributed by atoms with Crippen molar-refractivity contribution in [1.29, 1.82) is 5.26 Å². The minimum atomic E-state index is -4.53. The quantitative estimate of drug-likeness (QED) is 0.912. The molecular weight excluding hydrogens is 279 g/mol. The number of halogens is 3. The molecule has 0 aromatic heterocycles. The summed E-state index contributed by atoms with van der Waals surface area (Å²) in [6.07, 6.45) is -4.53. The van der Waals surface area contributed by atoms with Gasteiger partial charge >= 0.3 is 6.18 Å². The maximum atomic E-state index is 13.4. The zero-order valence-corrected chi connectivity index (χ0v) is 12.0. The first-order valence-electron chi connectivity index (χ1n) is 6.94. The molecular formula is C15H18F3N3. The predicted octanol–water partition coefficient (Wildman–Crippen LogP) is 3.01. The van der Waals surface area contributed by atoms with Crippen LogP contribution in [0.4, 0.5) is 18.9 Å². The fraction of sp³-hybridized carbons (Fsp3) is 0.533. The lowest BCUT2D eigenvalue weighted by Crippen LogP contribution is -2.54. The van der Waals surface area contributed by atoms with Gasteiger partial charge in [-0.3, -0.25) is 0 Å². The Morgan fingerprint density at radius 2 is 2.10 bits per heavy atom. The van der Waals surface area contributed by atoms with Crippen LogP contribution in [0, 0.1) is 17.2 Å². The van der Waals surface area contributed by atoms with Crippen LogP contribution in [0.25, 0.3) is 0 Å². The lowest BCUT2D eigenvalue weighted by Gasteiger charge is -2.41. The molecule has 1 aliphatic rings. The van der Waals surface area contributed by atoms with Crippen LogP contribution in [0.15, 0.2) is 18.2 Å². The molecule has 0 bridgehead atoms. The van der Waals surface area contributed by atoms with Crippen molar-refractivity contribution in [3.8, 4) is 6.07 Å². The molecule has 1 unspecified atom stereocenters. The molecule has 3 nitrogen and oxygen atoms in total. The van der Waals surface area contributed by atoms with E-state index >= 15 is 0 Å². The minimum absolute atomic E-state index is 0.0196. The zero-order valence-electron chi connectivity index (χ0n) is 12.0. The number of hydrogen-bond acceptors (Lipinski definition) is 3. The van der Waals surface area contributed by atoms with Crippen molar-refractivity contribution < 1.29 is 13.2 Å². The molecule has 0 spiro atoms. The molecule has 0 aliphatic carbocycles. The molecule has 1 aromatic carbocycles. The van der Waals surface area contributed by atoms with Crippen LogP contribution >= 0.6 is 0 Å². The summed E-state index contributed by atoms with van der Waals surface area (Å²) in [7, 11) is 0. The summed E-state index contributed by atoms with van der Waals surface area (Å²) in [6.45, 7) is 5.77. The highest BCUT2D eigenvalue weighted by atomic mass is 19.4. The summed E-state index contributed by atoms with van der Waals surface area (Å²) in [6, 6.07) is 5.84. The Balaban J connectivity index is 2.55. The normalized spacial score (nSPS) is 19.7. The van der Waals surface area contributed by atoms with Gasteiger partial charge in [0, 0.05) is 25.7 Å². The van der Waals surface area contributed by atoms with E-state index in [1.54, 1.807) is 11.0 Å². The largest absolute Gasteiger partial charge is 0.419 e. The van der Waals surface area contributed by atoms with E-state index in [1.807, 2.05) is 13.8 Å². The second-order valence-corrected chi connectivity index (χ2v) is 5.52. The molecule has 0 radical (unpaired) electrons. The van der Waals surface area contributed by atoms with Crippen LogP contribution in [0.5, 0.6) is 0 Å². The highest BCUT2D eigenvalue weighted by molar-refractivity contribution is 5.62. The Bertz CT molecular complexity index is 546. The smallest absolute Gasteiger partial charge is 0.365 e. The van der Waals surface area contributed by atoms with E-state index in [-0.39, 0.29) is 23.2 Å². The number of anilines is 1. The van der Waals surface area contributed by atoms with Crippen molar-refractivity contribution in [3.63, 3.8) is 0 Å². The molecule has 1 aromatic rings. The van der Waals surface area contributed by atoms with Gasteiger partial charge in [-0.25, -0.2) is 0 Å². The first-order valence-corrected chi connectivity index (χ1v) is 6.94. The highest BCUT2D eigenvalue weighted by Crippen LogP contribution is 2.40. The van der Waals surface area contributed by atoms with E-state index in [0.717, 1.165) is 0 Å². The molecule has 6 heteroatoms. The van der Waals surface area contributed by atoms with Gasteiger partial charge < -0.3 is 10.2 Å². The van der Waals surface area contributed by atoms with E-state index in [1.165, 1.54) is 18.2 Å². The predicted molar refractivity (Wildman–Crippen MR) is 75.0 cm³/mol. The third-order valence-electron chi connectivity index (χ3n) is 3.81. The summed E-state index contributed by atoms with van der Waals surface area (Å²) in [5.74, 6) is 0.213. The van der Waals surface area contributed by atoms with Crippen molar-refractivity contribution in [2.24, 2.45) is 5.92 Å². The summed E-state index contributed by atoms with van der Waals surface area (Å²) in [4.78, 5) is 1.78. The molecule has 0 saturated carbocycles. The molecule has 21 heavy (non-hydrogen) atoms. The monoisotopic (exact) mass is 297 g/mol. The first kappa shape index (κ1) is 15.6. The van der Waals surface area contributed by atoms with E-state index < -0.39 is 11.7 Å². The van der Waals surface area contributed by atoms with Gasteiger partial charge in [0.2, 0.25) is 0 Å². The number of nitriles is 1. The van der Waals surface area contributed by atoms with Crippen LogP contribution in [-0.4, -0.2) is 25.7 Å². The number of nitrogens with one attached hydrogen (secondary N) is 1. The number of alkyl halides is 3. The molecule has 1 fully saturated rings. The Hall–Kier alpha value is -1.74. The van der Waals surface area contributed by atoms with E-state index in [0.29, 0.717) is 19.6 Å². The number of rotatable bonds is 2. The Kier molecular flexibility index (Phi) is 4.43. The van der Waals surface area contributed by atoms with Crippen LogP contribution in [0.3, 0.4) is 0 Å². The van der Waals surface area contributed by atoms with Crippen LogP contribution in [-0.2, 0) is 6.18 Å². The van der Waals surface area contributed by atoms with Crippen molar-refractivity contribution >= 4 is 5.69 Å². The third kappa shape index (κ3) is 3.13. The lowest BCUT2D eigenvalue weighted by atomic mass is 9.97. The van der Waals surface area contributed by atoms with Crippen molar-refractivity contribution in [2.45, 2.75) is 26.1 Å². The van der Waals surface area contributed by atoms with Gasteiger partial charge in [-0.05, 0) is 18.1 Å².